The number of nitrogens with zero attached hydrogens (tertiary/aromatic N) is 1. The van der Waals surface area contributed by atoms with Gasteiger partial charge in [0.05, 0.1) is 4.92 Å². The minimum atomic E-state index is -0.547. The Hall–Kier alpha value is -1.97. The number of halogens is 1. The number of allylic oxidation sites excluding steroid dienone is 2. The molecule has 0 aliphatic rings. The molecule has 0 aromatic heterocycles. The monoisotopic (exact) mass is 193 g/mol. The van der Waals surface area contributed by atoms with Gasteiger partial charge in [-0.05, 0) is 17.7 Å². The zero-order valence-corrected chi connectivity index (χ0v) is 7.26. The van der Waals surface area contributed by atoms with Crippen LogP contribution >= 0.6 is 0 Å². The van der Waals surface area contributed by atoms with Crippen LogP contribution in [-0.2, 0) is 0 Å². The zero-order chi connectivity index (χ0) is 10.4. The summed E-state index contributed by atoms with van der Waals surface area (Å²) in [6.07, 6.45) is 5.32. The van der Waals surface area contributed by atoms with Crippen molar-refractivity contribution in [1.29, 1.82) is 0 Å². The summed E-state index contributed by atoms with van der Waals surface area (Å²) >= 11 is 0. The highest BCUT2D eigenvalue weighted by atomic mass is 19.1. The number of rotatable bonds is 3. The lowest BCUT2D eigenvalue weighted by Crippen LogP contribution is -1.80. The van der Waals surface area contributed by atoms with Gasteiger partial charge in [0.25, 0.3) is 0 Å². The van der Waals surface area contributed by atoms with Crippen molar-refractivity contribution in [3.05, 3.63) is 64.1 Å². The SMILES string of the molecule is O=[N+]([O-])/C=C/C=C/c1ccc(F)cc1. The molecule has 0 atom stereocenters. The van der Waals surface area contributed by atoms with Gasteiger partial charge in [-0.1, -0.05) is 24.3 Å². The van der Waals surface area contributed by atoms with Crippen molar-refractivity contribution in [2.24, 2.45) is 0 Å². The molecule has 4 heteroatoms. The minimum Gasteiger partial charge on any atom is -0.259 e. The summed E-state index contributed by atoms with van der Waals surface area (Å²) in [5.41, 5.74) is 0.791. The maximum Gasteiger partial charge on any atom is 0.234 e. The highest BCUT2D eigenvalue weighted by Crippen LogP contribution is 2.04. The van der Waals surface area contributed by atoms with E-state index in [1.165, 1.54) is 24.3 Å². The Morgan fingerprint density at radius 3 is 2.43 bits per heavy atom. The van der Waals surface area contributed by atoms with Crippen LogP contribution in [-0.4, -0.2) is 4.92 Å². The van der Waals surface area contributed by atoms with E-state index in [4.69, 9.17) is 0 Å². The van der Waals surface area contributed by atoms with Gasteiger partial charge in [0.1, 0.15) is 5.82 Å². The second-order valence-electron chi connectivity index (χ2n) is 2.54. The van der Waals surface area contributed by atoms with Crippen LogP contribution in [0.15, 0.2) is 42.6 Å². The number of nitro groups is 1. The van der Waals surface area contributed by atoms with Crippen molar-refractivity contribution in [1.82, 2.24) is 0 Å². The van der Waals surface area contributed by atoms with Crippen molar-refractivity contribution in [2.45, 2.75) is 0 Å². The van der Waals surface area contributed by atoms with Gasteiger partial charge in [0.15, 0.2) is 0 Å². The maximum atomic E-state index is 12.5. The first-order valence-corrected chi connectivity index (χ1v) is 3.92. The number of hydrogen-bond acceptors (Lipinski definition) is 2. The lowest BCUT2D eigenvalue weighted by molar-refractivity contribution is -0.402. The lowest BCUT2D eigenvalue weighted by atomic mass is 10.2. The second kappa shape index (κ2) is 4.91. The fraction of sp³-hybridized carbons (Fsp3) is 0. The van der Waals surface area contributed by atoms with E-state index in [0.717, 1.165) is 11.8 Å². The first kappa shape index (κ1) is 10.1. The quantitative estimate of drug-likeness (QED) is 0.420. The van der Waals surface area contributed by atoms with Gasteiger partial charge in [0.2, 0.25) is 6.20 Å². The first-order chi connectivity index (χ1) is 6.68. The van der Waals surface area contributed by atoms with Crippen molar-refractivity contribution in [3.63, 3.8) is 0 Å². The van der Waals surface area contributed by atoms with Gasteiger partial charge in [-0.3, -0.25) is 10.1 Å². The van der Waals surface area contributed by atoms with E-state index in [0.29, 0.717) is 0 Å². The molecule has 0 aliphatic carbocycles. The Bertz CT molecular complexity index is 368. The minimum absolute atomic E-state index is 0.303. The average Bonchev–Trinajstić information content (AvgIpc) is 2.15. The summed E-state index contributed by atoms with van der Waals surface area (Å²) in [5.74, 6) is -0.303. The van der Waals surface area contributed by atoms with Gasteiger partial charge in [0, 0.05) is 6.08 Å². The first-order valence-electron chi connectivity index (χ1n) is 3.92. The van der Waals surface area contributed by atoms with E-state index < -0.39 is 4.92 Å². The summed E-state index contributed by atoms with van der Waals surface area (Å²) in [5, 5.41) is 9.89. The third kappa shape index (κ3) is 3.62. The van der Waals surface area contributed by atoms with E-state index in [9.17, 15) is 14.5 Å². The van der Waals surface area contributed by atoms with Crippen LogP contribution in [0.5, 0.6) is 0 Å². The smallest absolute Gasteiger partial charge is 0.234 e. The fourth-order valence-corrected chi connectivity index (χ4v) is 0.861. The normalized spacial score (nSPS) is 11.2. The van der Waals surface area contributed by atoms with Crippen LogP contribution in [0.25, 0.3) is 6.08 Å². The predicted octanol–water partition coefficient (Wildman–Crippen LogP) is 2.63. The van der Waals surface area contributed by atoms with Crippen LogP contribution in [0, 0.1) is 15.9 Å². The van der Waals surface area contributed by atoms with E-state index in [1.54, 1.807) is 18.2 Å². The molecule has 0 bridgehead atoms. The van der Waals surface area contributed by atoms with Gasteiger partial charge < -0.3 is 0 Å². The Balaban J connectivity index is 2.60. The molecule has 0 aliphatic heterocycles. The Kier molecular flexibility index (Phi) is 3.55. The Morgan fingerprint density at radius 1 is 1.21 bits per heavy atom. The number of benzene rings is 1. The Morgan fingerprint density at radius 2 is 1.86 bits per heavy atom. The van der Waals surface area contributed by atoms with Crippen LogP contribution < -0.4 is 0 Å². The second-order valence-corrected chi connectivity index (χ2v) is 2.54. The molecule has 1 aromatic rings. The van der Waals surface area contributed by atoms with Crippen LogP contribution in [0.1, 0.15) is 5.56 Å². The highest BCUT2D eigenvalue weighted by molar-refractivity contribution is 5.50. The average molecular weight is 193 g/mol. The van der Waals surface area contributed by atoms with Gasteiger partial charge >= 0.3 is 0 Å². The van der Waals surface area contributed by atoms with Crippen LogP contribution in [0.3, 0.4) is 0 Å². The number of hydrogen-bond donors (Lipinski definition) is 0. The summed E-state index contributed by atoms with van der Waals surface area (Å²) in [7, 11) is 0. The molecule has 0 fully saturated rings. The van der Waals surface area contributed by atoms with Crippen molar-refractivity contribution < 1.29 is 9.31 Å². The molecule has 0 unspecified atom stereocenters. The lowest BCUT2D eigenvalue weighted by Gasteiger charge is -1.90. The van der Waals surface area contributed by atoms with Crippen LogP contribution in [0.2, 0.25) is 0 Å². The van der Waals surface area contributed by atoms with E-state index in [1.807, 2.05) is 0 Å². The molecule has 0 spiro atoms. The summed E-state index contributed by atoms with van der Waals surface area (Å²) in [6, 6.07) is 5.84. The molecule has 14 heavy (non-hydrogen) atoms. The molecule has 0 N–H and O–H groups in total. The Labute approximate surface area is 80.3 Å². The van der Waals surface area contributed by atoms with E-state index in [-0.39, 0.29) is 5.82 Å². The summed E-state index contributed by atoms with van der Waals surface area (Å²) in [4.78, 5) is 9.34. The fourth-order valence-electron chi connectivity index (χ4n) is 0.861. The molecular formula is C10H8FNO2. The van der Waals surface area contributed by atoms with Gasteiger partial charge in [-0.15, -0.1) is 0 Å². The molecule has 1 aromatic carbocycles. The standard InChI is InChI=1S/C10H8FNO2/c11-10-6-4-9(5-7-10)3-1-2-8-12(13)14/h1-8H/b3-1+,8-2+. The van der Waals surface area contributed by atoms with Gasteiger partial charge in [-0.25, -0.2) is 4.39 Å². The molecule has 0 saturated carbocycles. The van der Waals surface area contributed by atoms with Crippen LogP contribution in [0.4, 0.5) is 4.39 Å². The maximum absolute atomic E-state index is 12.5. The third-order valence-corrected chi connectivity index (χ3v) is 1.48. The molecule has 72 valence electrons. The zero-order valence-electron chi connectivity index (χ0n) is 7.26. The van der Waals surface area contributed by atoms with Crippen molar-refractivity contribution >= 4 is 6.08 Å². The van der Waals surface area contributed by atoms with E-state index in [2.05, 4.69) is 0 Å². The van der Waals surface area contributed by atoms with Gasteiger partial charge in [-0.2, -0.15) is 0 Å². The molecule has 1 rings (SSSR count). The highest BCUT2D eigenvalue weighted by Gasteiger charge is 1.87. The molecule has 0 heterocycles. The molecule has 0 saturated heterocycles. The molecular weight excluding hydrogens is 185 g/mol. The molecule has 3 nitrogen and oxygen atoms in total. The topological polar surface area (TPSA) is 43.1 Å². The molecule has 0 radical (unpaired) electrons. The molecule has 0 amide bonds. The van der Waals surface area contributed by atoms with Crippen molar-refractivity contribution in [2.75, 3.05) is 0 Å². The largest absolute Gasteiger partial charge is 0.259 e. The van der Waals surface area contributed by atoms with E-state index >= 15 is 0 Å². The predicted molar refractivity (Wildman–Crippen MR) is 51.6 cm³/mol. The summed E-state index contributed by atoms with van der Waals surface area (Å²) in [6.45, 7) is 0. The van der Waals surface area contributed by atoms with Crippen molar-refractivity contribution in [3.8, 4) is 0 Å². The summed E-state index contributed by atoms with van der Waals surface area (Å²) < 4.78 is 12.5. The third-order valence-electron chi connectivity index (χ3n) is 1.48.